The maximum atomic E-state index is 13.3. The first kappa shape index (κ1) is 19.4. The highest BCUT2D eigenvalue weighted by atomic mass is 19.1. The molecule has 1 saturated heterocycles. The number of anilines is 1. The second-order valence-electron chi connectivity index (χ2n) is 7.95. The third-order valence-electron chi connectivity index (χ3n) is 5.99. The number of nitrogens with one attached hydrogen (secondary N) is 2. The van der Waals surface area contributed by atoms with Crippen molar-refractivity contribution in [1.29, 1.82) is 0 Å². The standard InChI is InChI=1S/C23H26FN3O2/c24-19-9-7-18(8-10-19)23(13-1-2-14-23)26-22(29)25-20-11-5-17(6-12-20)21(28)27-15-3-4-16-27/h5-12H,1-4,13-16H2,(H2,25,26,29). The Labute approximate surface area is 170 Å². The van der Waals surface area contributed by atoms with Gasteiger partial charge in [-0.15, -0.1) is 0 Å². The van der Waals surface area contributed by atoms with Crippen LogP contribution >= 0.6 is 0 Å². The summed E-state index contributed by atoms with van der Waals surface area (Å²) in [6, 6.07) is 13.1. The van der Waals surface area contributed by atoms with E-state index in [1.165, 1.54) is 12.1 Å². The second kappa shape index (κ2) is 8.23. The van der Waals surface area contributed by atoms with Gasteiger partial charge in [0.1, 0.15) is 5.82 Å². The Hall–Kier alpha value is -2.89. The van der Waals surface area contributed by atoms with E-state index in [9.17, 15) is 14.0 Å². The molecule has 1 heterocycles. The van der Waals surface area contributed by atoms with Gasteiger partial charge in [0.15, 0.2) is 0 Å². The molecule has 0 bridgehead atoms. The number of amides is 3. The summed E-state index contributed by atoms with van der Waals surface area (Å²) in [4.78, 5) is 27.0. The van der Waals surface area contributed by atoms with E-state index in [2.05, 4.69) is 10.6 Å². The van der Waals surface area contributed by atoms with Gasteiger partial charge >= 0.3 is 6.03 Å². The van der Waals surface area contributed by atoms with Crippen LogP contribution in [0.3, 0.4) is 0 Å². The van der Waals surface area contributed by atoms with Gasteiger partial charge in [-0.1, -0.05) is 25.0 Å². The van der Waals surface area contributed by atoms with Crippen molar-refractivity contribution in [2.24, 2.45) is 0 Å². The maximum Gasteiger partial charge on any atom is 0.319 e. The van der Waals surface area contributed by atoms with Gasteiger partial charge in [-0.3, -0.25) is 4.79 Å². The summed E-state index contributed by atoms with van der Waals surface area (Å²) in [5.41, 5.74) is 1.73. The highest BCUT2D eigenvalue weighted by Crippen LogP contribution is 2.38. The monoisotopic (exact) mass is 395 g/mol. The molecule has 152 valence electrons. The fraction of sp³-hybridized carbons (Fsp3) is 0.391. The number of urea groups is 1. The molecule has 0 atom stereocenters. The van der Waals surface area contributed by atoms with Crippen LogP contribution in [0.2, 0.25) is 0 Å². The van der Waals surface area contributed by atoms with E-state index in [4.69, 9.17) is 0 Å². The number of nitrogens with zero attached hydrogens (tertiary/aromatic N) is 1. The molecule has 2 aromatic rings. The number of likely N-dealkylation sites (tertiary alicyclic amines) is 1. The summed E-state index contributed by atoms with van der Waals surface area (Å²) in [5.74, 6) is -0.241. The zero-order valence-corrected chi connectivity index (χ0v) is 16.4. The Morgan fingerprint density at radius 1 is 0.862 bits per heavy atom. The first-order chi connectivity index (χ1) is 14.1. The molecule has 1 aliphatic heterocycles. The minimum absolute atomic E-state index is 0.0414. The zero-order chi connectivity index (χ0) is 20.3. The molecule has 2 aromatic carbocycles. The minimum Gasteiger partial charge on any atom is -0.339 e. The molecular formula is C23H26FN3O2. The summed E-state index contributed by atoms with van der Waals surface area (Å²) in [7, 11) is 0. The lowest BCUT2D eigenvalue weighted by molar-refractivity contribution is 0.0793. The molecule has 0 radical (unpaired) electrons. The van der Waals surface area contributed by atoms with Crippen LogP contribution in [0.25, 0.3) is 0 Å². The van der Waals surface area contributed by atoms with Gasteiger partial charge in [0, 0.05) is 24.3 Å². The molecule has 6 heteroatoms. The molecule has 1 aliphatic carbocycles. The van der Waals surface area contributed by atoms with Gasteiger partial charge in [0.05, 0.1) is 5.54 Å². The number of rotatable bonds is 4. The van der Waals surface area contributed by atoms with Crippen LogP contribution in [0, 0.1) is 5.82 Å². The number of hydrogen-bond acceptors (Lipinski definition) is 2. The SMILES string of the molecule is O=C(Nc1ccc(C(=O)N2CCCC2)cc1)NC1(c2ccc(F)cc2)CCCC1. The minimum atomic E-state index is -0.469. The summed E-state index contributed by atoms with van der Waals surface area (Å²) in [6.45, 7) is 1.62. The highest BCUT2D eigenvalue weighted by molar-refractivity contribution is 5.95. The summed E-state index contributed by atoms with van der Waals surface area (Å²) in [6.07, 6.45) is 5.81. The molecule has 29 heavy (non-hydrogen) atoms. The van der Waals surface area contributed by atoms with E-state index in [0.717, 1.165) is 57.2 Å². The zero-order valence-electron chi connectivity index (χ0n) is 16.4. The van der Waals surface area contributed by atoms with Crippen molar-refractivity contribution >= 4 is 17.6 Å². The van der Waals surface area contributed by atoms with Crippen molar-refractivity contribution in [2.45, 2.75) is 44.1 Å². The lowest BCUT2D eigenvalue weighted by Gasteiger charge is -2.31. The van der Waals surface area contributed by atoms with Crippen molar-refractivity contribution in [1.82, 2.24) is 10.2 Å². The Kier molecular flexibility index (Phi) is 5.51. The highest BCUT2D eigenvalue weighted by Gasteiger charge is 2.37. The van der Waals surface area contributed by atoms with E-state index in [0.29, 0.717) is 11.3 Å². The summed E-state index contributed by atoms with van der Waals surface area (Å²) in [5, 5.41) is 5.97. The maximum absolute atomic E-state index is 13.3. The quantitative estimate of drug-likeness (QED) is 0.791. The number of carbonyl (C=O) groups is 2. The van der Waals surface area contributed by atoms with Gasteiger partial charge in [0.2, 0.25) is 0 Å². The molecule has 0 spiro atoms. The van der Waals surface area contributed by atoms with Crippen LogP contribution in [-0.4, -0.2) is 29.9 Å². The Bertz CT molecular complexity index is 868. The van der Waals surface area contributed by atoms with Crippen LogP contribution in [0.5, 0.6) is 0 Å². The molecule has 2 fully saturated rings. The third-order valence-corrected chi connectivity index (χ3v) is 5.99. The van der Waals surface area contributed by atoms with E-state index in [-0.39, 0.29) is 17.8 Å². The van der Waals surface area contributed by atoms with Crippen molar-refractivity contribution in [3.8, 4) is 0 Å². The predicted octanol–water partition coefficient (Wildman–Crippen LogP) is 4.65. The van der Waals surface area contributed by atoms with Crippen molar-refractivity contribution in [2.75, 3.05) is 18.4 Å². The largest absolute Gasteiger partial charge is 0.339 e. The van der Waals surface area contributed by atoms with Crippen LogP contribution in [0.4, 0.5) is 14.9 Å². The van der Waals surface area contributed by atoms with Crippen LogP contribution in [-0.2, 0) is 5.54 Å². The fourth-order valence-electron chi connectivity index (χ4n) is 4.41. The molecular weight excluding hydrogens is 369 g/mol. The first-order valence-corrected chi connectivity index (χ1v) is 10.3. The lowest BCUT2D eigenvalue weighted by Crippen LogP contribution is -2.45. The second-order valence-corrected chi connectivity index (χ2v) is 7.95. The van der Waals surface area contributed by atoms with Gasteiger partial charge < -0.3 is 15.5 Å². The Morgan fingerprint density at radius 2 is 1.48 bits per heavy atom. The number of hydrogen-bond donors (Lipinski definition) is 2. The molecule has 1 saturated carbocycles. The first-order valence-electron chi connectivity index (χ1n) is 10.3. The molecule has 4 rings (SSSR count). The summed E-state index contributed by atoms with van der Waals surface area (Å²) < 4.78 is 13.3. The molecule has 5 nitrogen and oxygen atoms in total. The van der Waals surface area contributed by atoms with Gasteiger partial charge in [0.25, 0.3) is 5.91 Å². The lowest BCUT2D eigenvalue weighted by atomic mass is 9.88. The van der Waals surface area contributed by atoms with Crippen LogP contribution in [0.1, 0.15) is 54.4 Å². The van der Waals surface area contributed by atoms with Gasteiger partial charge in [-0.05, 0) is 67.6 Å². The number of halogens is 1. The third kappa shape index (κ3) is 4.26. The van der Waals surface area contributed by atoms with Gasteiger partial charge in [-0.2, -0.15) is 0 Å². The van der Waals surface area contributed by atoms with E-state index >= 15 is 0 Å². The predicted molar refractivity (Wildman–Crippen MR) is 110 cm³/mol. The summed E-state index contributed by atoms with van der Waals surface area (Å²) >= 11 is 0. The van der Waals surface area contributed by atoms with Crippen molar-refractivity contribution in [3.63, 3.8) is 0 Å². The van der Waals surface area contributed by atoms with E-state index < -0.39 is 5.54 Å². The van der Waals surface area contributed by atoms with Crippen LogP contribution in [0.15, 0.2) is 48.5 Å². The van der Waals surface area contributed by atoms with Crippen molar-refractivity contribution in [3.05, 3.63) is 65.5 Å². The average molecular weight is 395 g/mol. The van der Waals surface area contributed by atoms with Crippen LogP contribution < -0.4 is 10.6 Å². The number of benzene rings is 2. The van der Waals surface area contributed by atoms with E-state index in [1.54, 1.807) is 36.4 Å². The molecule has 2 N–H and O–H groups in total. The van der Waals surface area contributed by atoms with Gasteiger partial charge in [-0.25, -0.2) is 9.18 Å². The molecule has 0 aromatic heterocycles. The van der Waals surface area contributed by atoms with E-state index in [1.807, 2.05) is 4.90 Å². The number of carbonyl (C=O) groups excluding carboxylic acids is 2. The average Bonchev–Trinajstić information content (AvgIpc) is 3.41. The molecule has 0 unspecified atom stereocenters. The fourth-order valence-corrected chi connectivity index (χ4v) is 4.41. The topological polar surface area (TPSA) is 61.4 Å². The smallest absolute Gasteiger partial charge is 0.319 e. The Balaban J connectivity index is 1.42. The molecule has 3 amide bonds. The Morgan fingerprint density at radius 3 is 2.10 bits per heavy atom. The molecule has 2 aliphatic rings. The normalized spacial score (nSPS) is 17.9. The van der Waals surface area contributed by atoms with Crippen molar-refractivity contribution < 1.29 is 14.0 Å².